The van der Waals surface area contributed by atoms with E-state index >= 15 is 0 Å². The molecule has 1 aromatic rings. The van der Waals surface area contributed by atoms with E-state index < -0.39 is 12.0 Å². The number of hydrogen-bond donors (Lipinski definition) is 2. The number of carboxylic acids is 1. The van der Waals surface area contributed by atoms with Crippen molar-refractivity contribution in [1.82, 2.24) is 0 Å². The van der Waals surface area contributed by atoms with Crippen molar-refractivity contribution in [2.45, 2.75) is 6.04 Å². The van der Waals surface area contributed by atoms with Gasteiger partial charge >= 0.3 is 5.97 Å². The minimum absolute atomic E-state index is 0. The van der Waals surface area contributed by atoms with Crippen LogP contribution in [-0.2, 0) is 4.79 Å². The number of carbonyl (C=O) groups is 1. The van der Waals surface area contributed by atoms with Crippen molar-refractivity contribution in [3.63, 3.8) is 0 Å². The van der Waals surface area contributed by atoms with Crippen LogP contribution in [0, 0.1) is 0 Å². The normalized spacial score (nSPS) is 11.5. The van der Waals surface area contributed by atoms with Gasteiger partial charge in [0, 0.05) is 4.47 Å². The molecule has 3 nitrogen and oxygen atoms in total. The predicted octanol–water partition coefficient (Wildman–Crippen LogP) is 1.96. The maximum Gasteiger partial charge on any atom is 0.325 e. The minimum Gasteiger partial charge on any atom is -0.480 e. The van der Waals surface area contributed by atoms with Gasteiger partial charge in [0.1, 0.15) is 6.04 Å². The standard InChI is InChI=1S/C8H8BrNO2.ClH/c9-6-3-1-5(2-4-6)7(10)8(11)12;/h1-4,7H,10H2,(H,11,12);1H/t7-;/m1./s1. The summed E-state index contributed by atoms with van der Waals surface area (Å²) in [4.78, 5) is 10.4. The van der Waals surface area contributed by atoms with Crippen molar-refractivity contribution in [2.24, 2.45) is 5.73 Å². The molecule has 0 radical (unpaired) electrons. The van der Waals surface area contributed by atoms with Crippen LogP contribution in [0.3, 0.4) is 0 Å². The largest absolute Gasteiger partial charge is 0.480 e. The number of nitrogens with two attached hydrogens (primary N) is 1. The average molecular weight is 267 g/mol. The first-order valence-corrected chi connectivity index (χ1v) is 4.14. The van der Waals surface area contributed by atoms with Gasteiger partial charge in [0.05, 0.1) is 0 Å². The molecule has 0 saturated carbocycles. The smallest absolute Gasteiger partial charge is 0.325 e. The minimum atomic E-state index is -1.02. The number of hydrogen-bond acceptors (Lipinski definition) is 2. The van der Waals surface area contributed by atoms with Crippen molar-refractivity contribution >= 4 is 34.3 Å². The molecule has 0 aliphatic carbocycles. The Hall–Kier alpha value is -0.580. The second-order valence-electron chi connectivity index (χ2n) is 2.37. The third-order valence-electron chi connectivity index (χ3n) is 1.50. The van der Waals surface area contributed by atoms with Gasteiger partial charge in [0.25, 0.3) is 0 Å². The van der Waals surface area contributed by atoms with Crippen molar-refractivity contribution in [3.8, 4) is 0 Å². The first-order valence-electron chi connectivity index (χ1n) is 3.35. The molecule has 3 N–H and O–H groups in total. The Kier molecular flexibility index (Phi) is 4.98. The first-order chi connectivity index (χ1) is 5.61. The van der Waals surface area contributed by atoms with E-state index in [9.17, 15) is 4.79 Å². The molecule has 0 unspecified atom stereocenters. The molecule has 0 bridgehead atoms. The van der Waals surface area contributed by atoms with E-state index in [1.165, 1.54) is 0 Å². The fraction of sp³-hybridized carbons (Fsp3) is 0.125. The van der Waals surface area contributed by atoms with E-state index in [2.05, 4.69) is 15.9 Å². The highest BCUT2D eigenvalue weighted by Gasteiger charge is 2.12. The lowest BCUT2D eigenvalue weighted by molar-refractivity contribution is -0.138. The van der Waals surface area contributed by atoms with Crippen LogP contribution < -0.4 is 5.73 Å². The molecule has 0 heterocycles. The monoisotopic (exact) mass is 265 g/mol. The molecule has 5 heteroatoms. The zero-order valence-electron chi connectivity index (χ0n) is 6.61. The highest BCUT2D eigenvalue weighted by Crippen LogP contribution is 2.15. The topological polar surface area (TPSA) is 63.3 Å². The number of carboxylic acid groups (broad SMARTS) is 1. The van der Waals surface area contributed by atoms with Gasteiger partial charge in [-0.3, -0.25) is 4.79 Å². The summed E-state index contributed by atoms with van der Waals surface area (Å²) in [6, 6.07) is 5.96. The number of benzene rings is 1. The average Bonchev–Trinajstić information content (AvgIpc) is 2.04. The van der Waals surface area contributed by atoms with E-state index in [1.807, 2.05) is 0 Å². The highest BCUT2D eigenvalue weighted by molar-refractivity contribution is 9.10. The second kappa shape index (κ2) is 5.21. The van der Waals surface area contributed by atoms with Crippen molar-refractivity contribution in [3.05, 3.63) is 34.3 Å². The zero-order valence-corrected chi connectivity index (χ0v) is 9.01. The van der Waals surface area contributed by atoms with E-state index in [0.29, 0.717) is 5.56 Å². The Morgan fingerprint density at radius 3 is 2.23 bits per heavy atom. The molecule has 1 rings (SSSR count). The molecule has 13 heavy (non-hydrogen) atoms. The van der Waals surface area contributed by atoms with Crippen molar-refractivity contribution in [1.29, 1.82) is 0 Å². The number of rotatable bonds is 2. The molecule has 1 aromatic carbocycles. The summed E-state index contributed by atoms with van der Waals surface area (Å²) in [6.07, 6.45) is 0. The fourth-order valence-corrected chi connectivity index (χ4v) is 1.08. The summed E-state index contributed by atoms with van der Waals surface area (Å²) < 4.78 is 0.906. The van der Waals surface area contributed by atoms with E-state index in [4.69, 9.17) is 10.8 Å². The summed E-state index contributed by atoms with van der Waals surface area (Å²) in [5.74, 6) is -1.02. The van der Waals surface area contributed by atoms with E-state index in [-0.39, 0.29) is 12.4 Å². The fourth-order valence-electron chi connectivity index (χ4n) is 0.813. The zero-order chi connectivity index (χ0) is 9.14. The molecule has 0 amide bonds. The molecule has 0 aliphatic rings. The Morgan fingerprint density at radius 2 is 1.85 bits per heavy atom. The maximum absolute atomic E-state index is 10.4. The first kappa shape index (κ1) is 12.4. The Morgan fingerprint density at radius 1 is 1.38 bits per heavy atom. The molecule has 1 atom stereocenters. The van der Waals surface area contributed by atoms with Crippen LogP contribution in [0.1, 0.15) is 11.6 Å². The van der Waals surface area contributed by atoms with Gasteiger partial charge in [-0.25, -0.2) is 0 Å². The summed E-state index contributed by atoms with van der Waals surface area (Å²) in [7, 11) is 0. The third kappa shape index (κ3) is 3.34. The lowest BCUT2D eigenvalue weighted by Crippen LogP contribution is -2.20. The quantitative estimate of drug-likeness (QED) is 0.860. The van der Waals surface area contributed by atoms with E-state index in [0.717, 1.165) is 4.47 Å². The maximum atomic E-state index is 10.4. The Bertz CT molecular complexity index is 289. The lowest BCUT2D eigenvalue weighted by atomic mass is 10.1. The van der Waals surface area contributed by atoms with Crippen LogP contribution in [-0.4, -0.2) is 11.1 Å². The SMILES string of the molecule is Cl.N[C@@H](C(=O)O)c1ccc(Br)cc1. The summed E-state index contributed by atoms with van der Waals surface area (Å²) in [5, 5.41) is 8.57. The van der Waals surface area contributed by atoms with Gasteiger partial charge in [0.2, 0.25) is 0 Å². The summed E-state index contributed by atoms with van der Waals surface area (Å²) >= 11 is 3.24. The van der Waals surface area contributed by atoms with Gasteiger partial charge in [-0.2, -0.15) is 0 Å². The molecule has 0 aliphatic heterocycles. The summed E-state index contributed by atoms with van der Waals surface area (Å²) in [6.45, 7) is 0. The molecule has 0 aromatic heterocycles. The Labute approximate surface area is 90.5 Å². The molecule has 0 spiro atoms. The predicted molar refractivity (Wildman–Crippen MR) is 56.0 cm³/mol. The van der Waals surface area contributed by atoms with E-state index in [1.54, 1.807) is 24.3 Å². The molecular formula is C8H9BrClNO2. The van der Waals surface area contributed by atoms with Crippen LogP contribution in [0.15, 0.2) is 28.7 Å². The van der Waals surface area contributed by atoms with Crippen LogP contribution in [0.2, 0.25) is 0 Å². The summed E-state index contributed by atoms with van der Waals surface area (Å²) in [5.41, 5.74) is 5.98. The van der Waals surface area contributed by atoms with Gasteiger partial charge in [-0.15, -0.1) is 12.4 Å². The van der Waals surface area contributed by atoms with Gasteiger partial charge < -0.3 is 10.8 Å². The van der Waals surface area contributed by atoms with Gasteiger partial charge in [-0.05, 0) is 17.7 Å². The molecule has 0 fully saturated rings. The third-order valence-corrected chi connectivity index (χ3v) is 2.02. The van der Waals surface area contributed by atoms with Crippen LogP contribution >= 0.6 is 28.3 Å². The molecule has 72 valence electrons. The van der Waals surface area contributed by atoms with Crippen molar-refractivity contribution in [2.75, 3.05) is 0 Å². The highest BCUT2D eigenvalue weighted by atomic mass is 79.9. The molecule has 0 saturated heterocycles. The van der Waals surface area contributed by atoms with Crippen LogP contribution in [0.25, 0.3) is 0 Å². The number of halogens is 2. The lowest BCUT2D eigenvalue weighted by Gasteiger charge is -2.05. The number of aliphatic carboxylic acids is 1. The van der Waals surface area contributed by atoms with Crippen LogP contribution in [0.4, 0.5) is 0 Å². The van der Waals surface area contributed by atoms with Gasteiger partial charge in [-0.1, -0.05) is 28.1 Å². The van der Waals surface area contributed by atoms with Crippen LogP contribution in [0.5, 0.6) is 0 Å². The molecular weight excluding hydrogens is 257 g/mol. The van der Waals surface area contributed by atoms with Crippen molar-refractivity contribution < 1.29 is 9.90 Å². The van der Waals surface area contributed by atoms with Gasteiger partial charge in [0.15, 0.2) is 0 Å². The Balaban J connectivity index is 0.00000144. The second-order valence-corrected chi connectivity index (χ2v) is 3.28.